The quantitative estimate of drug-likeness (QED) is 0.782. The molecule has 0 fully saturated rings. The molecule has 0 aliphatic rings. The first-order valence-corrected chi connectivity index (χ1v) is 6.58. The van der Waals surface area contributed by atoms with Crippen LogP contribution >= 0.6 is 0 Å². The lowest BCUT2D eigenvalue weighted by molar-refractivity contribution is 0.476. The largest absolute Gasteiger partial charge is 0.457 e. The topological polar surface area (TPSA) is 48.1 Å². The Balaban J connectivity index is 1.98. The van der Waals surface area contributed by atoms with Crippen molar-refractivity contribution in [3.8, 4) is 11.5 Å². The number of hydrogen-bond acceptors (Lipinski definition) is 3. The van der Waals surface area contributed by atoms with Gasteiger partial charge in [0.1, 0.15) is 11.5 Å². The van der Waals surface area contributed by atoms with Crippen molar-refractivity contribution < 1.29 is 4.74 Å². The minimum Gasteiger partial charge on any atom is -0.457 e. The molecule has 3 rings (SSSR count). The van der Waals surface area contributed by atoms with Gasteiger partial charge in [0.2, 0.25) is 0 Å². The maximum atomic E-state index is 5.97. The van der Waals surface area contributed by atoms with Gasteiger partial charge in [0.15, 0.2) is 0 Å². The highest BCUT2D eigenvalue weighted by atomic mass is 16.5. The number of aromatic nitrogens is 1. The molecule has 0 spiro atoms. The van der Waals surface area contributed by atoms with Gasteiger partial charge in [-0.15, -0.1) is 0 Å². The Morgan fingerprint density at radius 2 is 2.00 bits per heavy atom. The molecule has 0 saturated heterocycles. The summed E-state index contributed by atoms with van der Waals surface area (Å²) < 4.78 is 5.97. The van der Waals surface area contributed by atoms with Crippen LogP contribution < -0.4 is 10.5 Å². The first-order chi connectivity index (χ1) is 9.76. The molecule has 2 N–H and O–H groups in total. The van der Waals surface area contributed by atoms with Crippen molar-refractivity contribution in [3.05, 3.63) is 65.9 Å². The lowest BCUT2D eigenvalue weighted by atomic mass is 10.1. The van der Waals surface area contributed by atoms with Crippen molar-refractivity contribution in [3.63, 3.8) is 0 Å². The van der Waals surface area contributed by atoms with Crippen LogP contribution in [0.25, 0.3) is 10.9 Å². The zero-order chi connectivity index (χ0) is 13.9. The van der Waals surface area contributed by atoms with Crippen molar-refractivity contribution in [2.75, 3.05) is 0 Å². The van der Waals surface area contributed by atoms with E-state index >= 15 is 0 Å². The maximum absolute atomic E-state index is 5.97. The maximum Gasteiger partial charge on any atom is 0.132 e. The zero-order valence-electron chi connectivity index (χ0n) is 11.3. The van der Waals surface area contributed by atoms with Gasteiger partial charge in [-0.3, -0.25) is 4.98 Å². The number of nitrogens with zero attached hydrogens (tertiary/aromatic N) is 1. The Labute approximate surface area is 118 Å². The lowest BCUT2D eigenvalue weighted by Gasteiger charge is -2.11. The molecule has 3 nitrogen and oxygen atoms in total. The van der Waals surface area contributed by atoms with Crippen LogP contribution in [-0.4, -0.2) is 4.98 Å². The normalized spacial score (nSPS) is 10.7. The van der Waals surface area contributed by atoms with Crippen LogP contribution in [-0.2, 0) is 6.54 Å². The third-order valence-corrected chi connectivity index (χ3v) is 3.25. The number of nitrogens with two attached hydrogens (primary N) is 1. The van der Waals surface area contributed by atoms with E-state index in [0.29, 0.717) is 6.54 Å². The Morgan fingerprint density at radius 3 is 2.85 bits per heavy atom. The predicted molar refractivity (Wildman–Crippen MR) is 80.9 cm³/mol. The summed E-state index contributed by atoms with van der Waals surface area (Å²) in [6, 6.07) is 15.9. The molecular formula is C17H16N2O. The van der Waals surface area contributed by atoms with Gasteiger partial charge >= 0.3 is 0 Å². The van der Waals surface area contributed by atoms with Crippen molar-refractivity contribution in [2.24, 2.45) is 5.73 Å². The summed E-state index contributed by atoms with van der Waals surface area (Å²) >= 11 is 0. The van der Waals surface area contributed by atoms with Crippen LogP contribution in [0.1, 0.15) is 11.1 Å². The number of rotatable bonds is 3. The van der Waals surface area contributed by atoms with Crippen LogP contribution in [0.4, 0.5) is 0 Å². The third kappa shape index (κ3) is 2.49. The van der Waals surface area contributed by atoms with Gasteiger partial charge in [-0.25, -0.2) is 0 Å². The highest BCUT2D eigenvalue weighted by molar-refractivity contribution is 5.79. The van der Waals surface area contributed by atoms with E-state index in [4.69, 9.17) is 10.5 Å². The smallest absolute Gasteiger partial charge is 0.132 e. The summed E-state index contributed by atoms with van der Waals surface area (Å²) in [7, 11) is 0. The minimum atomic E-state index is 0.460. The first-order valence-electron chi connectivity index (χ1n) is 6.58. The lowest BCUT2D eigenvalue weighted by Crippen LogP contribution is -1.99. The van der Waals surface area contributed by atoms with Crippen LogP contribution in [0, 0.1) is 6.92 Å². The van der Waals surface area contributed by atoms with Crippen molar-refractivity contribution in [1.29, 1.82) is 0 Å². The second-order valence-electron chi connectivity index (χ2n) is 4.78. The molecule has 20 heavy (non-hydrogen) atoms. The minimum absolute atomic E-state index is 0.460. The summed E-state index contributed by atoms with van der Waals surface area (Å²) in [4.78, 5) is 4.34. The van der Waals surface area contributed by atoms with Crippen molar-refractivity contribution in [2.45, 2.75) is 13.5 Å². The van der Waals surface area contributed by atoms with E-state index in [1.165, 1.54) is 0 Å². The summed E-state index contributed by atoms with van der Waals surface area (Å²) in [6.07, 6.45) is 1.78. The molecule has 1 aromatic heterocycles. The summed E-state index contributed by atoms with van der Waals surface area (Å²) in [5.41, 5.74) is 8.82. The number of pyridine rings is 1. The Hall–Kier alpha value is -2.39. The van der Waals surface area contributed by atoms with Crippen molar-refractivity contribution >= 4 is 10.9 Å². The van der Waals surface area contributed by atoms with E-state index in [1.54, 1.807) is 6.20 Å². The first kappa shape index (κ1) is 12.6. The van der Waals surface area contributed by atoms with Crippen LogP contribution in [0.3, 0.4) is 0 Å². The van der Waals surface area contributed by atoms with E-state index in [-0.39, 0.29) is 0 Å². The molecule has 0 saturated carbocycles. The van der Waals surface area contributed by atoms with Gasteiger partial charge in [-0.1, -0.05) is 18.2 Å². The van der Waals surface area contributed by atoms with Crippen LogP contribution in [0.15, 0.2) is 54.7 Å². The Morgan fingerprint density at radius 1 is 1.10 bits per heavy atom. The fourth-order valence-corrected chi connectivity index (χ4v) is 2.16. The fraction of sp³-hybridized carbons (Fsp3) is 0.118. The number of benzene rings is 2. The SMILES string of the molecule is Cc1ccc(CN)c(Oc2ccc3cccnc3c2)c1. The standard InChI is InChI=1S/C17H16N2O/c1-12-4-5-14(11-18)17(9-12)20-15-7-6-13-3-2-8-19-16(13)10-15/h2-10H,11,18H2,1H3. The second kappa shape index (κ2) is 5.31. The Kier molecular flexibility index (Phi) is 3.35. The molecule has 3 heteroatoms. The average Bonchev–Trinajstić information content (AvgIpc) is 2.47. The summed E-state index contributed by atoms with van der Waals surface area (Å²) in [5, 5.41) is 1.10. The molecule has 0 radical (unpaired) electrons. The van der Waals surface area contributed by atoms with E-state index in [9.17, 15) is 0 Å². The molecule has 1 heterocycles. The van der Waals surface area contributed by atoms with E-state index in [0.717, 1.165) is 33.5 Å². The second-order valence-corrected chi connectivity index (χ2v) is 4.78. The van der Waals surface area contributed by atoms with Crippen LogP contribution in [0.2, 0.25) is 0 Å². The molecule has 2 aromatic carbocycles. The molecular weight excluding hydrogens is 248 g/mol. The molecule has 100 valence electrons. The predicted octanol–water partition coefficient (Wildman–Crippen LogP) is 3.79. The Bertz CT molecular complexity index is 753. The zero-order valence-corrected chi connectivity index (χ0v) is 11.3. The van der Waals surface area contributed by atoms with Gasteiger partial charge in [0.05, 0.1) is 5.52 Å². The molecule has 0 amide bonds. The molecule has 0 bridgehead atoms. The highest BCUT2D eigenvalue weighted by Gasteiger charge is 2.05. The van der Waals surface area contributed by atoms with Gasteiger partial charge < -0.3 is 10.5 Å². The highest BCUT2D eigenvalue weighted by Crippen LogP contribution is 2.28. The number of ether oxygens (including phenoxy) is 1. The van der Waals surface area contributed by atoms with Gasteiger partial charge in [0.25, 0.3) is 0 Å². The van der Waals surface area contributed by atoms with Crippen molar-refractivity contribution in [1.82, 2.24) is 4.98 Å². The molecule has 0 atom stereocenters. The summed E-state index contributed by atoms with van der Waals surface area (Å²) in [5.74, 6) is 1.58. The van der Waals surface area contributed by atoms with E-state index < -0.39 is 0 Å². The average molecular weight is 264 g/mol. The summed E-state index contributed by atoms with van der Waals surface area (Å²) in [6.45, 7) is 2.50. The number of hydrogen-bond donors (Lipinski definition) is 1. The van der Waals surface area contributed by atoms with Crippen LogP contribution in [0.5, 0.6) is 11.5 Å². The van der Waals surface area contributed by atoms with Gasteiger partial charge in [0, 0.05) is 29.8 Å². The molecule has 0 aliphatic carbocycles. The number of fused-ring (bicyclic) bond motifs is 1. The molecule has 0 unspecified atom stereocenters. The third-order valence-electron chi connectivity index (χ3n) is 3.25. The number of aryl methyl sites for hydroxylation is 1. The monoisotopic (exact) mass is 264 g/mol. The molecule has 3 aromatic rings. The van der Waals surface area contributed by atoms with E-state index in [2.05, 4.69) is 4.98 Å². The molecule has 0 aliphatic heterocycles. The fourth-order valence-electron chi connectivity index (χ4n) is 2.16. The van der Waals surface area contributed by atoms with E-state index in [1.807, 2.05) is 55.5 Å². The van der Waals surface area contributed by atoms with Gasteiger partial charge in [-0.2, -0.15) is 0 Å². The van der Waals surface area contributed by atoms with Gasteiger partial charge in [-0.05, 0) is 36.8 Å².